The Labute approximate surface area is 117 Å². The molecule has 1 atom stereocenters. The van der Waals surface area contributed by atoms with E-state index in [-0.39, 0.29) is 0 Å². The first kappa shape index (κ1) is 14.8. The van der Waals surface area contributed by atoms with Gasteiger partial charge < -0.3 is 10.0 Å². The van der Waals surface area contributed by atoms with E-state index in [1.807, 2.05) is 0 Å². The monoisotopic (exact) mass is 267 g/mol. The van der Waals surface area contributed by atoms with Crippen LogP contribution in [0, 0.1) is 5.92 Å². The minimum absolute atomic E-state index is 0.325. The van der Waals surface area contributed by atoms with Gasteiger partial charge in [-0.15, -0.1) is 0 Å². The normalized spacial score (nSPS) is 25.8. The van der Waals surface area contributed by atoms with Crippen LogP contribution < -0.4 is 0 Å². The maximum atomic E-state index is 10.6. The number of likely N-dealkylation sites (tertiary alicyclic amines) is 1. The van der Waals surface area contributed by atoms with Gasteiger partial charge in [0.25, 0.3) is 0 Å². The molecule has 1 unspecified atom stereocenters. The topological polar surface area (TPSA) is 40.5 Å². The van der Waals surface area contributed by atoms with Crippen LogP contribution in [0.4, 0.5) is 0 Å². The largest absolute Gasteiger partial charge is 0.481 e. The van der Waals surface area contributed by atoms with Crippen molar-refractivity contribution in [1.82, 2.24) is 4.90 Å². The second-order valence-corrected chi connectivity index (χ2v) is 6.41. The summed E-state index contributed by atoms with van der Waals surface area (Å²) in [5.74, 6) is 0.327. The third kappa shape index (κ3) is 5.13. The summed E-state index contributed by atoms with van der Waals surface area (Å²) in [7, 11) is 0. The van der Waals surface area contributed by atoms with Crippen LogP contribution in [0.1, 0.15) is 70.6 Å². The first-order valence-corrected chi connectivity index (χ1v) is 8.21. The van der Waals surface area contributed by atoms with E-state index in [1.165, 1.54) is 64.3 Å². The van der Waals surface area contributed by atoms with E-state index < -0.39 is 5.97 Å². The lowest BCUT2D eigenvalue weighted by Gasteiger charge is -2.27. The highest BCUT2D eigenvalue weighted by atomic mass is 16.4. The molecule has 110 valence electrons. The minimum Gasteiger partial charge on any atom is -0.481 e. The summed E-state index contributed by atoms with van der Waals surface area (Å²) in [4.78, 5) is 13.1. The van der Waals surface area contributed by atoms with Gasteiger partial charge in [0.2, 0.25) is 0 Å². The van der Waals surface area contributed by atoms with Crippen LogP contribution in [0.5, 0.6) is 0 Å². The average Bonchev–Trinajstić information content (AvgIpc) is 2.85. The van der Waals surface area contributed by atoms with Gasteiger partial charge >= 0.3 is 5.97 Å². The van der Waals surface area contributed by atoms with Crippen LogP contribution in [-0.2, 0) is 4.79 Å². The molecule has 0 amide bonds. The fraction of sp³-hybridized carbons (Fsp3) is 0.938. The summed E-state index contributed by atoms with van der Waals surface area (Å²) in [6, 6.07) is 0.746. The molecular formula is C16H29NO2. The molecule has 1 aliphatic carbocycles. The number of hydrogen-bond acceptors (Lipinski definition) is 2. The Hall–Kier alpha value is -0.570. The van der Waals surface area contributed by atoms with Crippen LogP contribution >= 0.6 is 0 Å². The van der Waals surface area contributed by atoms with Gasteiger partial charge in [-0.1, -0.05) is 32.1 Å². The molecule has 1 saturated heterocycles. The zero-order chi connectivity index (χ0) is 13.5. The highest BCUT2D eigenvalue weighted by molar-refractivity contribution is 5.66. The van der Waals surface area contributed by atoms with E-state index in [9.17, 15) is 4.79 Å². The van der Waals surface area contributed by atoms with Crippen molar-refractivity contribution in [2.24, 2.45) is 5.92 Å². The zero-order valence-electron chi connectivity index (χ0n) is 12.1. The summed E-state index contributed by atoms with van der Waals surface area (Å²) in [6.45, 7) is 2.18. The smallest absolute Gasteiger partial charge is 0.303 e. The highest BCUT2D eigenvalue weighted by Crippen LogP contribution is 2.30. The van der Waals surface area contributed by atoms with E-state index >= 15 is 0 Å². The van der Waals surface area contributed by atoms with Gasteiger partial charge in [-0.2, -0.15) is 0 Å². The first-order valence-electron chi connectivity index (χ1n) is 8.21. The van der Waals surface area contributed by atoms with Crippen molar-refractivity contribution in [2.45, 2.75) is 76.7 Å². The van der Waals surface area contributed by atoms with Crippen molar-refractivity contribution < 1.29 is 9.90 Å². The molecule has 3 nitrogen and oxygen atoms in total. The zero-order valence-corrected chi connectivity index (χ0v) is 12.1. The van der Waals surface area contributed by atoms with Crippen LogP contribution in [0.25, 0.3) is 0 Å². The molecule has 3 heteroatoms. The van der Waals surface area contributed by atoms with Crippen molar-refractivity contribution >= 4 is 5.97 Å². The SMILES string of the molecule is O=C(O)CCCN1CCCC1CCC1CCCCC1. The Bertz CT molecular complexity index is 274. The second-order valence-electron chi connectivity index (χ2n) is 6.41. The lowest BCUT2D eigenvalue weighted by Crippen LogP contribution is -2.31. The number of carboxylic acids is 1. The number of aliphatic carboxylic acids is 1. The standard InChI is InChI=1S/C16H29NO2/c18-16(19)9-5-13-17-12-4-8-15(17)11-10-14-6-2-1-3-7-14/h14-15H,1-13H2,(H,18,19). The minimum atomic E-state index is -0.655. The van der Waals surface area contributed by atoms with E-state index in [0.29, 0.717) is 6.42 Å². The Morgan fingerprint density at radius 3 is 2.58 bits per heavy atom. The van der Waals surface area contributed by atoms with Crippen molar-refractivity contribution in [2.75, 3.05) is 13.1 Å². The van der Waals surface area contributed by atoms with Gasteiger partial charge in [-0.3, -0.25) is 4.79 Å². The summed E-state index contributed by atoms with van der Waals surface area (Å²) < 4.78 is 0. The lowest BCUT2D eigenvalue weighted by molar-refractivity contribution is -0.137. The van der Waals surface area contributed by atoms with E-state index in [1.54, 1.807) is 0 Å². The van der Waals surface area contributed by atoms with Gasteiger partial charge in [0.15, 0.2) is 0 Å². The summed E-state index contributed by atoms with van der Waals surface area (Å²) in [5, 5.41) is 8.71. The van der Waals surface area contributed by atoms with Crippen LogP contribution in [-0.4, -0.2) is 35.1 Å². The van der Waals surface area contributed by atoms with Crippen LogP contribution in [0.3, 0.4) is 0 Å². The molecule has 0 radical (unpaired) electrons. The van der Waals surface area contributed by atoms with Gasteiger partial charge in [-0.05, 0) is 51.1 Å². The molecule has 0 bridgehead atoms. The fourth-order valence-corrected chi connectivity index (χ4v) is 3.85. The molecule has 1 saturated carbocycles. The molecule has 0 aromatic heterocycles. The molecule has 1 heterocycles. The number of rotatable bonds is 7. The molecule has 19 heavy (non-hydrogen) atoms. The molecular weight excluding hydrogens is 238 g/mol. The average molecular weight is 267 g/mol. The number of hydrogen-bond donors (Lipinski definition) is 1. The summed E-state index contributed by atoms with van der Waals surface area (Å²) in [5.41, 5.74) is 0. The predicted molar refractivity (Wildman–Crippen MR) is 77.3 cm³/mol. The van der Waals surface area contributed by atoms with Crippen LogP contribution in [0.15, 0.2) is 0 Å². The van der Waals surface area contributed by atoms with E-state index in [2.05, 4.69) is 4.90 Å². The Kier molecular flexibility index (Phi) is 6.15. The maximum absolute atomic E-state index is 10.6. The molecule has 0 aromatic rings. The maximum Gasteiger partial charge on any atom is 0.303 e. The molecule has 0 aromatic carbocycles. The Balaban J connectivity index is 1.64. The molecule has 0 spiro atoms. The Morgan fingerprint density at radius 1 is 1.05 bits per heavy atom. The van der Waals surface area contributed by atoms with Crippen molar-refractivity contribution in [3.05, 3.63) is 0 Å². The van der Waals surface area contributed by atoms with E-state index in [0.717, 1.165) is 24.9 Å². The first-order chi connectivity index (χ1) is 9.25. The Morgan fingerprint density at radius 2 is 1.84 bits per heavy atom. The summed E-state index contributed by atoms with van der Waals surface area (Å²) in [6.07, 6.45) is 13.8. The van der Waals surface area contributed by atoms with Gasteiger partial charge in [0.05, 0.1) is 0 Å². The van der Waals surface area contributed by atoms with Gasteiger partial charge in [0.1, 0.15) is 0 Å². The quantitative estimate of drug-likeness (QED) is 0.765. The second kappa shape index (κ2) is 7.88. The van der Waals surface area contributed by atoms with Crippen molar-refractivity contribution in [3.63, 3.8) is 0 Å². The molecule has 2 fully saturated rings. The number of carbonyl (C=O) groups is 1. The number of nitrogens with zero attached hydrogens (tertiary/aromatic N) is 1. The van der Waals surface area contributed by atoms with E-state index in [4.69, 9.17) is 5.11 Å². The molecule has 1 N–H and O–H groups in total. The lowest BCUT2D eigenvalue weighted by atomic mass is 9.85. The molecule has 2 aliphatic rings. The molecule has 2 rings (SSSR count). The van der Waals surface area contributed by atoms with Gasteiger partial charge in [-0.25, -0.2) is 0 Å². The third-order valence-electron chi connectivity index (χ3n) is 4.97. The molecule has 1 aliphatic heterocycles. The van der Waals surface area contributed by atoms with Gasteiger partial charge in [0, 0.05) is 12.5 Å². The van der Waals surface area contributed by atoms with Crippen molar-refractivity contribution in [1.29, 1.82) is 0 Å². The predicted octanol–water partition coefficient (Wildman–Crippen LogP) is 3.68. The third-order valence-corrected chi connectivity index (χ3v) is 4.97. The highest BCUT2D eigenvalue weighted by Gasteiger charge is 2.25. The number of carboxylic acid groups (broad SMARTS) is 1. The van der Waals surface area contributed by atoms with Crippen molar-refractivity contribution in [3.8, 4) is 0 Å². The summed E-state index contributed by atoms with van der Waals surface area (Å²) >= 11 is 0. The fourth-order valence-electron chi connectivity index (χ4n) is 3.85. The van der Waals surface area contributed by atoms with Crippen LogP contribution in [0.2, 0.25) is 0 Å².